The number of ketones is 1. The number of rotatable bonds is 3. The molecule has 0 fully saturated rings. The van der Waals surface area contributed by atoms with Crippen LogP contribution >= 0.6 is 0 Å². The van der Waals surface area contributed by atoms with Gasteiger partial charge in [-0.3, -0.25) is 4.79 Å². The van der Waals surface area contributed by atoms with Crippen molar-refractivity contribution in [3.05, 3.63) is 53.6 Å². The lowest BCUT2D eigenvalue weighted by molar-refractivity contribution is 0.0841. The number of para-hydroxylation sites is 1. The zero-order valence-electron chi connectivity index (χ0n) is 12.7. The Morgan fingerprint density at radius 1 is 1.17 bits per heavy atom. The first kappa shape index (κ1) is 15.7. The lowest BCUT2D eigenvalue weighted by Gasteiger charge is -2.27. The monoisotopic (exact) mass is 328 g/mol. The van der Waals surface area contributed by atoms with E-state index in [0.29, 0.717) is 0 Å². The number of ether oxygens (including phenoxy) is 1. The Labute approximate surface area is 137 Å². The van der Waals surface area contributed by atoms with Crippen LogP contribution in [0.5, 0.6) is 28.7 Å². The molecule has 1 unspecified atom stereocenters. The maximum atomic E-state index is 12.5. The standard InChI is InChI=1S/C18H16O6/c1-2-4-9-12(20)7-15-16(18(9)23)13(21)8-14(24-15)10-5-3-6-11(19)17(10)22/h2-3,5-7,14,19-20,22-23H,1,4,8H2. The molecule has 0 amide bonds. The molecule has 2 aromatic carbocycles. The lowest BCUT2D eigenvalue weighted by atomic mass is 9.92. The van der Waals surface area contributed by atoms with Crippen molar-refractivity contribution in [1.82, 2.24) is 0 Å². The number of phenols is 4. The lowest BCUT2D eigenvalue weighted by Crippen LogP contribution is -2.21. The van der Waals surface area contributed by atoms with Crippen LogP contribution in [0.1, 0.15) is 34.0 Å². The molecule has 1 aliphatic rings. The summed E-state index contributed by atoms with van der Waals surface area (Å²) in [5.74, 6) is -1.57. The zero-order chi connectivity index (χ0) is 17.4. The van der Waals surface area contributed by atoms with Crippen molar-refractivity contribution in [1.29, 1.82) is 0 Å². The fourth-order valence-electron chi connectivity index (χ4n) is 2.83. The number of carbonyl (C=O) groups excluding carboxylic acids is 1. The highest BCUT2D eigenvalue weighted by atomic mass is 16.5. The number of allylic oxidation sites excluding steroid dienone is 1. The molecule has 124 valence electrons. The average Bonchev–Trinajstić information content (AvgIpc) is 2.53. The minimum Gasteiger partial charge on any atom is -0.507 e. The number of phenolic OH excluding ortho intramolecular Hbond substituents is 4. The Kier molecular flexibility index (Phi) is 3.81. The summed E-state index contributed by atoms with van der Waals surface area (Å²) in [5, 5.41) is 39.9. The van der Waals surface area contributed by atoms with Crippen molar-refractivity contribution in [3.8, 4) is 28.7 Å². The molecule has 1 aliphatic heterocycles. The van der Waals surface area contributed by atoms with Crippen LogP contribution in [0.2, 0.25) is 0 Å². The van der Waals surface area contributed by atoms with Gasteiger partial charge in [-0.1, -0.05) is 18.2 Å². The molecule has 6 nitrogen and oxygen atoms in total. The average molecular weight is 328 g/mol. The molecule has 3 rings (SSSR count). The molecule has 2 aromatic rings. The smallest absolute Gasteiger partial charge is 0.174 e. The second-order valence-corrected chi connectivity index (χ2v) is 5.54. The fourth-order valence-corrected chi connectivity index (χ4v) is 2.83. The van der Waals surface area contributed by atoms with E-state index in [-0.39, 0.29) is 64.1 Å². The minimum atomic E-state index is -0.832. The van der Waals surface area contributed by atoms with E-state index in [1.165, 1.54) is 30.3 Å². The maximum absolute atomic E-state index is 12.5. The fraction of sp³-hybridized carbons (Fsp3) is 0.167. The Balaban J connectivity index is 2.07. The third kappa shape index (κ3) is 2.42. The van der Waals surface area contributed by atoms with Crippen molar-refractivity contribution in [2.75, 3.05) is 0 Å². The number of hydrogen-bond acceptors (Lipinski definition) is 6. The van der Waals surface area contributed by atoms with Gasteiger partial charge in [0.2, 0.25) is 0 Å². The normalized spacial score (nSPS) is 16.3. The van der Waals surface area contributed by atoms with Crippen molar-refractivity contribution in [2.45, 2.75) is 18.9 Å². The Morgan fingerprint density at radius 3 is 2.62 bits per heavy atom. The van der Waals surface area contributed by atoms with Crippen molar-refractivity contribution in [3.63, 3.8) is 0 Å². The first-order chi connectivity index (χ1) is 11.4. The third-order valence-corrected chi connectivity index (χ3v) is 4.01. The summed E-state index contributed by atoms with van der Waals surface area (Å²) in [7, 11) is 0. The molecule has 6 heteroatoms. The van der Waals surface area contributed by atoms with E-state index in [1.54, 1.807) is 0 Å². The predicted molar refractivity (Wildman–Crippen MR) is 85.8 cm³/mol. The number of hydrogen-bond donors (Lipinski definition) is 4. The molecule has 0 spiro atoms. The predicted octanol–water partition coefficient (Wildman–Crippen LogP) is 2.94. The summed E-state index contributed by atoms with van der Waals surface area (Å²) in [6.07, 6.45) is 0.759. The maximum Gasteiger partial charge on any atom is 0.174 e. The second kappa shape index (κ2) is 5.81. The van der Waals surface area contributed by atoms with Crippen molar-refractivity contribution < 1.29 is 30.0 Å². The first-order valence-corrected chi connectivity index (χ1v) is 7.33. The topological polar surface area (TPSA) is 107 Å². The summed E-state index contributed by atoms with van der Waals surface area (Å²) >= 11 is 0. The summed E-state index contributed by atoms with van der Waals surface area (Å²) in [4.78, 5) is 12.5. The van der Waals surface area contributed by atoms with Gasteiger partial charge >= 0.3 is 0 Å². The SMILES string of the molecule is C=CCc1c(O)cc2c(c1O)C(=O)CC(c1cccc(O)c1O)O2. The van der Waals surface area contributed by atoms with Crippen molar-refractivity contribution >= 4 is 5.78 Å². The Hall–Kier alpha value is -3.15. The summed E-state index contributed by atoms with van der Waals surface area (Å²) < 4.78 is 5.68. The van der Waals surface area contributed by atoms with Crippen LogP contribution in [0.3, 0.4) is 0 Å². The van der Waals surface area contributed by atoms with E-state index in [2.05, 4.69) is 6.58 Å². The van der Waals surface area contributed by atoms with E-state index in [0.717, 1.165) is 0 Å². The molecular formula is C18H16O6. The Morgan fingerprint density at radius 2 is 1.92 bits per heavy atom. The number of benzene rings is 2. The highest BCUT2D eigenvalue weighted by molar-refractivity contribution is 6.03. The second-order valence-electron chi connectivity index (χ2n) is 5.54. The molecule has 4 N–H and O–H groups in total. The number of Topliss-reactive ketones (excluding diaryl/α,β-unsaturated/α-hetero) is 1. The van der Waals surface area contributed by atoms with Crippen LogP contribution in [-0.2, 0) is 6.42 Å². The highest BCUT2D eigenvalue weighted by Gasteiger charge is 2.33. The third-order valence-electron chi connectivity index (χ3n) is 4.01. The van der Waals surface area contributed by atoms with E-state index in [1.807, 2.05) is 0 Å². The van der Waals surface area contributed by atoms with Crippen LogP contribution in [0.15, 0.2) is 36.9 Å². The van der Waals surface area contributed by atoms with Gasteiger partial charge in [0, 0.05) is 17.2 Å². The molecule has 1 atom stereocenters. The van der Waals surface area contributed by atoms with Gasteiger partial charge < -0.3 is 25.2 Å². The van der Waals surface area contributed by atoms with Crippen LogP contribution in [0.25, 0.3) is 0 Å². The molecule has 0 saturated heterocycles. The molecule has 0 aromatic heterocycles. The molecule has 0 saturated carbocycles. The molecule has 0 bridgehead atoms. The summed E-state index contributed by atoms with van der Waals surface area (Å²) in [6, 6.07) is 5.63. The van der Waals surface area contributed by atoms with Gasteiger partial charge in [0.05, 0.1) is 6.42 Å². The van der Waals surface area contributed by atoms with Gasteiger partial charge in [0.1, 0.15) is 28.9 Å². The highest BCUT2D eigenvalue weighted by Crippen LogP contribution is 2.46. The summed E-state index contributed by atoms with van der Waals surface area (Å²) in [5.41, 5.74) is 0.461. The quantitative estimate of drug-likeness (QED) is 0.510. The molecular weight excluding hydrogens is 312 g/mol. The van der Waals surface area contributed by atoms with E-state index >= 15 is 0 Å². The zero-order valence-corrected chi connectivity index (χ0v) is 12.7. The van der Waals surface area contributed by atoms with E-state index < -0.39 is 6.10 Å². The number of aromatic hydroxyl groups is 4. The van der Waals surface area contributed by atoms with Crippen LogP contribution in [-0.4, -0.2) is 26.2 Å². The largest absolute Gasteiger partial charge is 0.507 e. The van der Waals surface area contributed by atoms with E-state index in [9.17, 15) is 25.2 Å². The van der Waals surface area contributed by atoms with Crippen LogP contribution in [0, 0.1) is 0 Å². The van der Waals surface area contributed by atoms with Gasteiger partial charge in [-0.05, 0) is 12.5 Å². The van der Waals surface area contributed by atoms with Crippen LogP contribution in [0.4, 0.5) is 0 Å². The van der Waals surface area contributed by atoms with Crippen molar-refractivity contribution in [2.24, 2.45) is 0 Å². The minimum absolute atomic E-state index is 0.000503. The van der Waals surface area contributed by atoms with Gasteiger partial charge in [-0.25, -0.2) is 0 Å². The van der Waals surface area contributed by atoms with E-state index in [4.69, 9.17) is 4.74 Å². The molecule has 0 radical (unpaired) electrons. The molecule has 0 aliphatic carbocycles. The van der Waals surface area contributed by atoms with Gasteiger partial charge in [0.15, 0.2) is 17.3 Å². The number of carbonyl (C=O) groups is 1. The summed E-state index contributed by atoms with van der Waals surface area (Å²) in [6.45, 7) is 3.55. The first-order valence-electron chi connectivity index (χ1n) is 7.33. The number of fused-ring (bicyclic) bond motifs is 1. The molecule has 1 heterocycles. The van der Waals surface area contributed by atoms with Gasteiger partial charge in [-0.2, -0.15) is 0 Å². The van der Waals surface area contributed by atoms with Gasteiger partial charge in [0.25, 0.3) is 0 Å². The molecule has 24 heavy (non-hydrogen) atoms. The van der Waals surface area contributed by atoms with Gasteiger partial charge in [-0.15, -0.1) is 6.58 Å². The Bertz CT molecular complexity index is 840. The van der Waals surface area contributed by atoms with Crippen LogP contribution < -0.4 is 4.74 Å².